The van der Waals surface area contributed by atoms with Gasteiger partial charge in [-0.2, -0.15) is 4.52 Å². The van der Waals surface area contributed by atoms with Gasteiger partial charge in [0, 0.05) is 6.07 Å². The number of nitrogens with one attached hydrogen (secondary N) is 2. The van der Waals surface area contributed by atoms with Gasteiger partial charge in [0.1, 0.15) is 17.4 Å². The summed E-state index contributed by atoms with van der Waals surface area (Å²) in [6.07, 6.45) is 1.84. The molecule has 8 nitrogen and oxygen atoms in total. The molecule has 2 N–H and O–H groups in total. The number of hydrogen-bond acceptors (Lipinski definition) is 6. The van der Waals surface area contributed by atoms with Crippen LogP contribution in [0.5, 0.6) is 0 Å². The molecule has 1 atom stereocenters. The zero-order valence-corrected chi connectivity index (χ0v) is 13.5. The summed E-state index contributed by atoms with van der Waals surface area (Å²) in [6, 6.07) is 5.24. The van der Waals surface area contributed by atoms with E-state index in [1.54, 1.807) is 10.6 Å². The van der Waals surface area contributed by atoms with Crippen LogP contribution in [0.1, 0.15) is 24.4 Å². The van der Waals surface area contributed by atoms with E-state index in [9.17, 15) is 4.79 Å². The van der Waals surface area contributed by atoms with Crippen molar-refractivity contribution in [1.82, 2.24) is 24.9 Å². The molecule has 1 aliphatic rings. The first-order valence-corrected chi connectivity index (χ1v) is 7.95. The van der Waals surface area contributed by atoms with E-state index in [4.69, 9.17) is 4.42 Å². The van der Waals surface area contributed by atoms with Crippen LogP contribution in [0.3, 0.4) is 0 Å². The lowest BCUT2D eigenvalue weighted by molar-refractivity contribution is -0.117. The number of nitrogens with zero attached hydrogens (tertiary/aromatic N) is 4. The molecule has 0 saturated carbocycles. The average molecular weight is 326 g/mol. The van der Waals surface area contributed by atoms with Crippen molar-refractivity contribution in [2.24, 2.45) is 0 Å². The van der Waals surface area contributed by atoms with Gasteiger partial charge < -0.3 is 15.1 Å². The molecule has 0 unspecified atom stereocenters. The Morgan fingerprint density at radius 2 is 2.25 bits per heavy atom. The molecule has 1 saturated heterocycles. The highest BCUT2D eigenvalue weighted by molar-refractivity contribution is 5.94. The predicted molar refractivity (Wildman–Crippen MR) is 87.6 cm³/mol. The van der Waals surface area contributed by atoms with Gasteiger partial charge in [-0.05, 0) is 45.4 Å². The van der Waals surface area contributed by atoms with Gasteiger partial charge in [0.2, 0.25) is 11.7 Å². The summed E-state index contributed by atoms with van der Waals surface area (Å²) in [4.78, 5) is 21.2. The highest BCUT2D eigenvalue weighted by atomic mass is 16.3. The lowest BCUT2D eigenvalue weighted by Crippen LogP contribution is -2.35. The standard InChI is InChI=1S/C16H18N6O2/c1-9-5-6-12(24-9)15-19-13(8-14-18-10(2)21-22(14)15)20-16(23)11-4-3-7-17-11/h5-6,8,11,17H,3-4,7H2,1-2H3,(H,20,23)/t11-/m0/s1. The molecule has 3 aromatic rings. The number of rotatable bonds is 3. The van der Waals surface area contributed by atoms with E-state index in [0.29, 0.717) is 28.9 Å². The molecule has 0 spiro atoms. The Morgan fingerprint density at radius 1 is 1.38 bits per heavy atom. The molecule has 124 valence electrons. The van der Waals surface area contributed by atoms with Gasteiger partial charge in [-0.15, -0.1) is 5.10 Å². The van der Waals surface area contributed by atoms with Crippen molar-refractivity contribution in [1.29, 1.82) is 0 Å². The summed E-state index contributed by atoms with van der Waals surface area (Å²) in [6.45, 7) is 4.54. The minimum absolute atomic E-state index is 0.0813. The fourth-order valence-electron chi connectivity index (χ4n) is 2.90. The molecule has 3 aromatic heterocycles. The number of anilines is 1. The Balaban J connectivity index is 1.75. The summed E-state index contributed by atoms with van der Waals surface area (Å²) >= 11 is 0. The van der Waals surface area contributed by atoms with E-state index in [0.717, 1.165) is 25.1 Å². The van der Waals surface area contributed by atoms with E-state index < -0.39 is 0 Å². The second-order valence-corrected chi connectivity index (χ2v) is 5.94. The summed E-state index contributed by atoms with van der Waals surface area (Å²) in [5, 5.41) is 10.4. The third-order valence-corrected chi connectivity index (χ3v) is 4.02. The van der Waals surface area contributed by atoms with Gasteiger partial charge in [-0.1, -0.05) is 0 Å². The van der Waals surface area contributed by atoms with Gasteiger partial charge in [0.25, 0.3) is 0 Å². The maximum atomic E-state index is 12.3. The van der Waals surface area contributed by atoms with E-state index in [1.165, 1.54) is 0 Å². The summed E-state index contributed by atoms with van der Waals surface area (Å²) < 4.78 is 7.29. The molecule has 0 radical (unpaired) electrons. The fourth-order valence-corrected chi connectivity index (χ4v) is 2.90. The first kappa shape index (κ1) is 14.8. The molecule has 4 rings (SSSR count). The second kappa shape index (κ2) is 5.72. The quantitative estimate of drug-likeness (QED) is 0.760. The molecular weight excluding hydrogens is 308 g/mol. The monoisotopic (exact) mass is 326 g/mol. The van der Waals surface area contributed by atoms with Crippen molar-refractivity contribution in [3.05, 3.63) is 29.8 Å². The number of furan rings is 1. The first-order valence-electron chi connectivity index (χ1n) is 7.95. The van der Waals surface area contributed by atoms with E-state index >= 15 is 0 Å². The van der Waals surface area contributed by atoms with Gasteiger partial charge in [-0.3, -0.25) is 4.79 Å². The summed E-state index contributed by atoms with van der Waals surface area (Å²) in [5.74, 6) is 2.86. The van der Waals surface area contributed by atoms with Gasteiger partial charge in [0.05, 0.1) is 6.04 Å². The molecule has 0 aliphatic carbocycles. The normalized spacial score (nSPS) is 17.5. The Bertz CT molecular complexity index is 907. The number of carbonyl (C=O) groups is 1. The topological polar surface area (TPSA) is 97.3 Å². The zero-order chi connectivity index (χ0) is 16.7. The first-order chi connectivity index (χ1) is 11.6. The Hall–Kier alpha value is -2.74. The van der Waals surface area contributed by atoms with E-state index in [-0.39, 0.29) is 11.9 Å². The number of carbonyl (C=O) groups excluding carboxylic acids is 1. The molecule has 0 bridgehead atoms. The largest absolute Gasteiger partial charge is 0.458 e. The van der Waals surface area contributed by atoms with Crippen LogP contribution in [0.2, 0.25) is 0 Å². The third kappa shape index (κ3) is 2.65. The van der Waals surface area contributed by atoms with Crippen LogP contribution in [0, 0.1) is 13.8 Å². The van der Waals surface area contributed by atoms with Gasteiger partial charge in [0.15, 0.2) is 11.4 Å². The molecule has 0 aromatic carbocycles. The number of aromatic nitrogens is 4. The Labute approximate surface area is 138 Å². The van der Waals surface area contributed by atoms with E-state index in [1.807, 2.05) is 26.0 Å². The third-order valence-electron chi connectivity index (χ3n) is 4.02. The van der Waals surface area contributed by atoms with Crippen LogP contribution < -0.4 is 10.6 Å². The number of fused-ring (bicyclic) bond motifs is 1. The van der Waals surface area contributed by atoms with Crippen molar-refractivity contribution < 1.29 is 9.21 Å². The zero-order valence-electron chi connectivity index (χ0n) is 13.5. The molecule has 1 fully saturated rings. The summed E-state index contributed by atoms with van der Waals surface area (Å²) in [5.41, 5.74) is 0.612. The second-order valence-electron chi connectivity index (χ2n) is 5.94. The maximum absolute atomic E-state index is 12.3. The molecule has 1 amide bonds. The van der Waals surface area contributed by atoms with Crippen molar-refractivity contribution in [3.8, 4) is 11.6 Å². The summed E-state index contributed by atoms with van der Waals surface area (Å²) in [7, 11) is 0. The predicted octanol–water partition coefficient (Wildman–Crippen LogP) is 1.69. The van der Waals surface area contributed by atoms with Crippen LogP contribution >= 0.6 is 0 Å². The molecule has 8 heteroatoms. The highest BCUT2D eigenvalue weighted by Crippen LogP contribution is 2.23. The average Bonchev–Trinajstić information content (AvgIpc) is 3.25. The molecule has 4 heterocycles. The molecule has 24 heavy (non-hydrogen) atoms. The van der Waals surface area contributed by atoms with Gasteiger partial charge in [-0.25, -0.2) is 9.97 Å². The molecular formula is C16H18N6O2. The van der Waals surface area contributed by atoms with Crippen molar-refractivity contribution in [2.75, 3.05) is 11.9 Å². The smallest absolute Gasteiger partial charge is 0.242 e. The van der Waals surface area contributed by atoms with Crippen molar-refractivity contribution >= 4 is 17.4 Å². The Kier molecular flexibility index (Phi) is 3.53. The van der Waals surface area contributed by atoms with Crippen LogP contribution in [0.25, 0.3) is 17.2 Å². The Morgan fingerprint density at radius 3 is 2.96 bits per heavy atom. The minimum atomic E-state index is -0.170. The molecule has 1 aliphatic heterocycles. The number of amides is 1. The van der Waals surface area contributed by atoms with Crippen molar-refractivity contribution in [2.45, 2.75) is 32.7 Å². The maximum Gasteiger partial charge on any atom is 0.242 e. The van der Waals surface area contributed by atoms with Crippen molar-refractivity contribution in [3.63, 3.8) is 0 Å². The SMILES string of the molecule is Cc1nc2cc(NC(=O)[C@@H]3CCCN3)nc(-c3ccc(C)o3)n2n1. The van der Waals surface area contributed by atoms with Gasteiger partial charge >= 0.3 is 0 Å². The van der Waals surface area contributed by atoms with Crippen LogP contribution in [0.15, 0.2) is 22.6 Å². The highest BCUT2D eigenvalue weighted by Gasteiger charge is 2.23. The number of hydrogen-bond donors (Lipinski definition) is 2. The lowest BCUT2D eigenvalue weighted by atomic mass is 10.2. The van der Waals surface area contributed by atoms with Crippen LogP contribution in [-0.4, -0.2) is 38.1 Å². The minimum Gasteiger partial charge on any atom is -0.458 e. The van der Waals surface area contributed by atoms with Crippen LogP contribution in [0.4, 0.5) is 5.82 Å². The number of aryl methyl sites for hydroxylation is 2. The van der Waals surface area contributed by atoms with Crippen LogP contribution in [-0.2, 0) is 4.79 Å². The van der Waals surface area contributed by atoms with E-state index in [2.05, 4.69) is 25.7 Å². The lowest BCUT2D eigenvalue weighted by Gasteiger charge is -2.11. The fraction of sp³-hybridized carbons (Fsp3) is 0.375.